The maximum Gasteiger partial charge on any atom is 0.128 e. The van der Waals surface area contributed by atoms with Crippen molar-refractivity contribution in [3.8, 4) is 5.75 Å². The molecule has 0 unspecified atom stereocenters. The number of ether oxygens (including phenoxy) is 1. The topological polar surface area (TPSA) is 35.2 Å². The third-order valence-electron chi connectivity index (χ3n) is 2.56. The molecule has 2 aromatic rings. The second-order valence-corrected chi connectivity index (χ2v) is 5.42. The predicted octanol–water partition coefficient (Wildman–Crippen LogP) is 3.94. The number of benzene rings is 2. The Labute approximate surface area is 128 Å². The van der Waals surface area contributed by atoms with Gasteiger partial charge in [-0.05, 0) is 30.3 Å². The first-order valence-corrected chi connectivity index (χ1v) is 6.83. The zero-order valence-corrected chi connectivity index (χ0v) is 12.6. The van der Waals surface area contributed by atoms with Gasteiger partial charge in [-0.15, -0.1) is 0 Å². The van der Waals surface area contributed by atoms with Gasteiger partial charge in [0.05, 0.1) is 0 Å². The molecule has 20 heavy (non-hydrogen) atoms. The van der Waals surface area contributed by atoms with Crippen LogP contribution in [0.4, 0.5) is 8.78 Å². The lowest BCUT2D eigenvalue weighted by Crippen LogP contribution is -2.13. The summed E-state index contributed by atoms with van der Waals surface area (Å²) in [5.74, 6) is -0.512. The van der Waals surface area contributed by atoms with Gasteiger partial charge in [-0.1, -0.05) is 28.1 Å². The molecule has 6 heteroatoms. The highest BCUT2D eigenvalue weighted by Gasteiger charge is 2.08. The number of halogens is 3. The maximum atomic E-state index is 13.3. The third kappa shape index (κ3) is 3.74. The van der Waals surface area contributed by atoms with E-state index in [9.17, 15) is 8.78 Å². The molecule has 0 atom stereocenters. The van der Waals surface area contributed by atoms with Crippen LogP contribution in [0.2, 0.25) is 0 Å². The average molecular weight is 358 g/mol. The zero-order valence-electron chi connectivity index (χ0n) is 10.2. The average Bonchev–Trinajstić information content (AvgIpc) is 2.35. The van der Waals surface area contributed by atoms with Gasteiger partial charge < -0.3 is 10.5 Å². The molecule has 0 bridgehead atoms. The van der Waals surface area contributed by atoms with Gasteiger partial charge in [-0.3, -0.25) is 0 Å². The standard InChI is InChI=1S/C14H10BrF2NOS/c15-9-4-11(17)6-12(5-9)19-7-8-3-10(16)1-2-13(8)14(18)20/h1-6H,7H2,(H2,18,20). The Balaban J connectivity index is 2.22. The van der Waals surface area contributed by atoms with Crippen LogP contribution in [0.3, 0.4) is 0 Å². The van der Waals surface area contributed by atoms with E-state index in [-0.39, 0.29) is 11.6 Å². The Hall–Kier alpha value is -1.53. The summed E-state index contributed by atoms with van der Waals surface area (Å²) in [5.41, 5.74) is 6.62. The molecular formula is C14H10BrF2NOS. The van der Waals surface area contributed by atoms with E-state index in [1.807, 2.05) is 0 Å². The van der Waals surface area contributed by atoms with Crippen LogP contribution in [0, 0.1) is 11.6 Å². The predicted molar refractivity (Wildman–Crippen MR) is 80.7 cm³/mol. The molecule has 2 nitrogen and oxygen atoms in total. The monoisotopic (exact) mass is 357 g/mol. The zero-order chi connectivity index (χ0) is 14.7. The van der Waals surface area contributed by atoms with Gasteiger partial charge in [-0.2, -0.15) is 0 Å². The Bertz CT molecular complexity index is 643. The molecule has 0 aliphatic heterocycles. The van der Waals surface area contributed by atoms with Gasteiger partial charge in [0.15, 0.2) is 0 Å². The van der Waals surface area contributed by atoms with E-state index in [1.165, 1.54) is 30.3 Å². The minimum Gasteiger partial charge on any atom is -0.489 e. The van der Waals surface area contributed by atoms with Gasteiger partial charge in [0.1, 0.15) is 29.0 Å². The molecule has 104 valence electrons. The van der Waals surface area contributed by atoms with Crippen LogP contribution in [0.5, 0.6) is 5.75 Å². The van der Waals surface area contributed by atoms with Crippen molar-refractivity contribution < 1.29 is 13.5 Å². The fraction of sp³-hybridized carbons (Fsp3) is 0.0714. The van der Waals surface area contributed by atoms with E-state index in [2.05, 4.69) is 15.9 Å². The first-order valence-electron chi connectivity index (χ1n) is 5.63. The van der Waals surface area contributed by atoms with Crippen LogP contribution in [0.1, 0.15) is 11.1 Å². The molecule has 2 rings (SSSR count). The Kier molecular flexibility index (Phi) is 4.67. The second-order valence-electron chi connectivity index (χ2n) is 4.06. The van der Waals surface area contributed by atoms with Gasteiger partial charge in [-0.25, -0.2) is 8.78 Å². The minimum absolute atomic E-state index is 0.0420. The molecule has 0 saturated carbocycles. The van der Waals surface area contributed by atoms with Crippen molar-refractivity contribution in [2.75, 3.05) is 0 Å². The van der Waals surface area contributed by atoms with Gasteiger partial charge >= 0.3 is 0 Å². The van der Waals surface area contributed by atoms with Crippen LogP contribution < -0.4 is 10.5 Å². The van der Waals surface area contributed by atoms with Crippen molar-refractivity contribution in [2.45, 2.75) is 6.61 Å². The van der Waals surface area contributed by atoms with Gasteiger partial charge in [0.2, 0.25) is 0 Å². The molecule has 2 N–H and O–H groups in total. The molecule has 2 aromatic carbocycles. The summed E-state index contributed by atoms with van der Waals surface area (Å²) < 4.78 is 32.5. The van der Waals surface area contributed by atoms with E-state index in [1.54, 1.807) is 6.07 Å². The first kappa shape index (κ1) is 14.9. The largest absolute Gasteiger partial charge is 0.489 e. The molecule has 0 saturated heterocycles. The van der Waals surface area contributed by atoms with Crippen molar-refractivity contribution in [1.82, 2.24) is 0 Å². The molecule has 0 heterocycles. The fourth-order valence-corrected chi connectivity index (χ4v) is 2.34. The molecule has 0 spiro atoms. The van der Waals surface area contributed by atoms with E-state index in [4.69, 9.17) is 22.7 Å². The van der Waals surface area contributed by atoms with Crippen molar-refractivity contribution >= 4 is 33.1 Å². The Morgan fingerprint density at radius 3 is 2.55 bits per heavy atom. The third-order valence-corrected chi connectivity index (χ3v) is 3.24. The lowest BCUT2D eigenvalue weighted by Gasteiger charge is -2.11. The quantitative estimate of drug-likeness (QED) is 0.841. The lowest BCUT2D eigenvalue weighted by molar-refractivity contribution is 0.303. The van der Waals surface area contributed by atoms with E-state index in [0.717, 1.165) is 0 Å². The molecular weight excluding hydrogens is 348 g/mol. The number of nitrogens with two attached hydrogens (primary N) is 1. The summed E-state index contributed by atoms with van der Waals surface area (Å²) in [6.45, 7) is 0.0420. The number of rotatable bonds is 4. The van der Waals surface area contributed by atoms with E-state index < -0.39 is 11.6 Å². The Morgan fingerprint density at radius 1 is 1.15 bits per heavy atom. The molecule has 0 amide bonds. The van der Waals surface area contributed by atoms with Gasteiger partial charge in [0.25, 0.3) is 0 Å². The van der Waals surface area contributed by atoms with Crippen LogP contribution in [-0.4, -0.2) is 4.99 Å². The minimum atomic E-state index is -0.428. The van der Waals surface area contributed by atoms with Crippen LogP contribution in [0.25, 0.3) is 0 Å². The molecule has 0 aromatic heterocycles. The van der Waals surface area contributed by atoms with Crippen molar-refractivity contribution in [3.63, 3.8) is 0 Å². The van der Waals surface area contributed by atoms with Gasteiger partial charge in [0, 0.05) is 21.7 Å². The fourth-order valence-electron chi connectivity index (χ4n) is 1.70. The highest BCUT2D eigenvalue weighted by atomic mass is 79.9. The number of thiocarbonyl (C=S) groups is 1. The van der Waals surface area contributed by atoms with E-state index >= 15 is 0 Å². The lowest BCUT2D eigenvalue weighted by atomic mass is 10.1. The summed E-state index contributed by atoms with van der Waals surface area (Å²) in [7, 11) is 0. The van der Waals surface area contributed by atoms with Crippen LogP contribution in [-0.2, 0) is 6.61 Å². The van der Waals surface area contributed by atoms with Crippen molar-refractivity contribution in [2.24, 2.45) is 5.73 Å². The van der Waals surface area contributed by atoms with Crippen LogP contribution >= 0.6 is 28.1 Å². The van der Waals surface area contributed by atoms with Crippen molar-refractivity contribution in [1.29, 1.82) is 0 Å². The smallest absolute Gasteiger partial charge is 0.128 e. The first-order chi connectivity index (χ1) is 9.45. The highest BCUT2D eigenvalue weighted by molar-refractivity contribution is 9.10. The van der Waals surface area contributed by atoms with Crippen molar-refractivity contribution in [3.05, 3.63) is 63.6 Å². The SMILES string of the molecule is NC(=S)c1ccc(F)cc1COc1cc(F)cc(Br)c1. The second kappa shape index (κ2) is 6.28. The molecule has 0 radical (unpaired) electrons. The maximum absolute atomic E-state index is 13.3. The van der Waals surface area contributed by atoms with Crippen LogP contribution in [0.15, 0.2) is 40.9 Å². The summed E-state index contributed by atoms with van der Waals surface area (Å²) in [4.78, 5) is 0.157. The summed E-state index contributed by atoms with van der Waals surface area (Å²) in [6, 6.07) is 8.24. The summed E-state index contributed by atoms with van der Waals surface area (Å²) in [6.07, 6.45) is 0. The number of hydrogen-bond acceptors (Lipinski definition) is 2. The highest BCUT2D eigenvalue weighted by Crippen LogP contribution is 2.22. The molecule has 0 aliphatic carbocycles. The molecule has 0 aliphatic rings. The Morgan fingerprint density at radius 2 is 1.90 bits per heavy atom. The number of hydrogen-bond donors (Lipinski definition) is 1. The molecule has 0 fully saturated rings. The summed E-state index contributed by atoms with van der Waals surface area (Å²) in [5, 5.41) is 0. The van der Waals surface area contributed by atoms with E-state index in [0.29, 0.717) is 21.3 Å². The normalized spacial score (nSPS) is 10.3. The summed E-state index contributed by atoms with van der Waals surface area (Å²) >= 11 is 8.07.